The third kappa shape index (κ3) is 10.1. The molecule has 0 aromatic carbocycles. The first-order chi connectivity index (χ1) is 9.25. The van der Waals surface area contributed by atoms with Gasteiger partial charge < -0.3 is 27.0 Å². The normalized spacial score (nSPS) is 15.1. The summed E-state index contributed by atoms with van der Waals surface area (Å²) in [5.74, 6) is -2.54. The van der Waals surface area contributed by atoms with Gasteiger partial charge in [-0.3, -0.25) is 14.4 Å². The zero-order valence-electron chi connectivity index (χ0n) is 12.7. The molecule has 7 N–H and O–H groups in total. The zero-order valence-corrected chi connectivity index (χ0v) is 13.6. The van der Waals surface area contributed by atoms with Crippen molar-refractivity contribution in [3.63, 3.8) is 0 Å². The van der Waals surface area contributed by atoms with Crippen LogP contribution in [-0.4, -0.2) is 51.4 Å². The lowest BCUT2D eigenvalue weighted by molar-refractivity contribution is -0.143. The number of carboxylic acids is 2. The number of hydrogen-bond donors (Lipinski definition) is 6. The molecule has 0 aromatic rings. The number of hydrogen-bond acceptors (Lipinski definition) is 6. The molecule has 8 nitrogen and oxygen atoms in total. The Kier molecular flexibility index (Phi) is 9.26. The highest BCUT2D eigenvalue weighted by molar-refractivity contribution is 7.81. The van der Waals surface area contributed by atoms with Crippen molar-refractivity contribution in [2.24, 2.45) is 11.5 Å². The standard InChI is InChI=1S/C6H12N2O3.C6H13NO2S/c1-6(8,5(10)11)3-2-4(7)9;1-6(2,10)4(7-3)5(8)9/h2-3,8H2,1H3,(H2,7,9)(H,10,11);4,7,10H,1-3H3,(H,8,9). The predicted molar refractivity (Wildman–Crippen MR) is 82.2 cm³/mol. The summed E-state index contributed by atoms with van der Waals surface area (Å²) in [6.07, 6.45) is 0.0664. The fraction of sp³-hybridized carbons (Fsp3) is 0.750. The van der Waals surface area contributed by atoms with E-state index in [1.165, 1.54) is 6.92 Å². The Morgan fingerprint density at radius 1 is 1.24 bits per heavy atom. The molecule has 9 heteroatoms. The number of nitrogens with two attached hydrogens (primary N) is 2. The first-order valence-electron chi connectivity index (χ1n) is 6.18. The van der Waals surface area contributed by atoms with Gasteiger partial charge >= 0.3 is 11.9 Å². The van der Waals surface area contributed by atoms with Crippen molar-refractivity contribution in [3.05, 3.63) is 0 Å². The zero-order chi connectivity index (χ0) is 17.4. The number of thiol groups is 1. The van der Waals surface area contributed by atoms with Gasteiger partial charge in [0, 0.05) is 11.2 Å². The predicted octanol–water partition coefficient (Wildman–Crippen LogP) is -0.579. The molecule has 0 aliphatic carbocycles. The smallest absolute Gasteiger partial charge is 0.323 e. The quantitative estimate of drug-likeness (QED) is 0.342. The Balaban J connectivity index is 0. The van der Waals surface area contributed by atoms with E-state index in [9.17, 15) is 14.4 Å². The van der Waals surface area contributed by atoms with E-state index in [0.29, 0.717) is 0 Å². The SMILES string of the molecule is CC(N)(CCC(N)=O)C(=O)O.CNC(C(=O)O)C(C)(C)S. The molecule has 0 saturated heterocycles. The maximum atomic E-state index is 10.5. The number of amides is 1. The minimum absolute atomic E-state index is 0.000694. The molecule has 0 aromatic heterocycles. The fourth-order valence-corrected chi connectivity index (χ4v) is 1.51. The van der Waals surface area contributed by atoms with Crippen LogP contribution in [0, 0.1) is 0 Å². The summed E-state index contributed by atoms with van der Waals surface area (Å²) in [5.41, 5.74) is 8.76. The van der Waals surface area contributed by atoms with Crippen LogP contribution < -0.4 is 16.8 Å². The van der Waals surface area contributed by atoms with Gasteiger partial charge in [0.25, 0.3) is 0 Å². The van der Waals surface area contributed by atoms with Crippen molar-refractivity contribution in [3.8, 4) is 0 Å². The number of primary amides is 1. The molecule has 21 heavy (non-hydrogen) atoms. The van der Waals surface area contributed by atoms with Crippen LogP contribution in [0.5, 0.6) is 0 Å². The Labute approximate surface area is 129 Å². The third-order valence-electron chi connectivity index (χ3n) is 2.62. The van der Waals surface area contributed by atoms with E-state index in [2.05, 4.69) is 17.9 Å². The minimum Gasteiger partial charge on any atom is -0.480 e. The van der Waals surface area contributed by atoms with E-state index in [1.54, 1.807) is 20.9 Å². The topological polar surface area (TPSA) is 156 Å². The highest BCUT2D eigenvalue weighted by Gasteiger charge is 2.30. The molecule has 0 aliphatic rings. The van der Waals surface area contributed by atoms with Gasteiger partial charge in [0.15, 0.2) is 0 Å². The molecule has 0 heterocycles. The van der Waals surface area contributed by atoms with Crippen molar-refractivity contribution in [1.82, 2.24) is 5.32 Å². The lowest BCUT2D eigenvalue weighted by atomic mass is 9.97. The number of nitrogens with one attached hydrogen (secondary N) is 1. The molecular weight excluding hydrogens is 298 g/mol. The van der Waals surface area contributed by atoms with Crippen LogP contribution in [0.4, 0.5) is 0 Å². The van der Waals surface area contributed by atoms with Gasteiger partial charge in [0.1, 0.15) is 11.6 Å². The highest BCUT2D eigenvalue weighted by atomic mass is 32.1. The Morgan fingerprint density at radius 2 is 1.67 bits per heavy atom. The van der Waals surface area contributed by atoms with Gasteiger partial charge in [0.05, 0.1) is 0 Å². The molecule has 2 atom stereocenters. The molecule has 0 saturated carbocycles. The molecule has 0 rings (SSSR count). The van der Waals surface area contributed by atoms with Crippen LogP contribution in [0.25, 0.3) is 0 Å². The van der Waals surface area contributed by atoms with E-state index >= 15 is 0 Å². The summed E-state index contributed by atoms with van der Waals surface area (Å²) in [4.78, 5) is 31.1. The summed E-state index contributed by atoms with van der Waals surface area (Å²) in [6, 6.07) is -0.601. The second-order valence-corrected chi connectivity index (χ2v) is 6.56. The maximum Gasteiger partial charge on any atom is 0.323 e. The molecule has 0 fully saturated rings. The molecular formula is C12H25N3O5S. The van der Waals surface area contributed by atoms with E-state index < -0.39 is 34.2 Å². The van der Waals surface area contributed by atoms with Crippen LogP contribution in [0.15, 0.2) is 0 Å². The van der Waals surface area contributed by atoms with Crippen LogP contribution in [-0.2, 0) is 14.4 Å². The third-order valence-corrected chi connectivity index (χ3v) is 2.88. The first kappa shape index (κ1) is 22.0. The monoisotopic (exact) mass is 323 g/mol. The van der Waals surface area contributed by atoms with E-state index in [4.69, 9.17) is 21.7 Å². The second-order valence-electron chi connectivity index (χ2n) is 5.40. The number of rotatable bonds is 7. The van der Waals surface area contributed by atoms with E-state index in [-0.39, 0.29) is 12.8 Å². The largest absolute Gasteiger partial charge is 0.480 e. The van der Waals surface area contributed by atoms with Crippen LogP contribution in [0.2, 0.25) is 0 Å². The molecule has 1 amide bonds. The Hall–Kier alpha value is -1.32. The second kappa shape index (κ2) is 8.85. The van der Waals surface area contributed by atoms with E-state index in [1.807, 2.05) is 0 Å². The highest BCUT2D eigenvalue weighted by Crippen LogP contribution is 2.16. The van der Waals surface area contributed by atoms with Crippen molar-refractivity contribution < 1.29 is 24.6 Å². The van der Waals surface area contributed by atoms with Gasteiger partial charge in [-0.15, -0.1) is 0 Å². The Bertz CT molecular complexity index is 380. The average molecular weight is 323 g/mol. The summed E-state index contributed by atoms with van der Waals surface area (Å²) in [6.45, 7) is 4.86. The number of carbonyl (C=O) groups is 3. The molecule has 124 valence electrons. The number of likely N-dealkylation sites (N-methyl/N-ethyl adjacent to an activating group) is 1. The molecule has 0 aliphatic heterocycles. The molecule has 0 spiro atoms. The van der Waals surface area contributed by atoms with Crippen molar-refractivity contribution in [1.29, 1.82) is 0 Å². The van der Waals surface area contributed by atoms with Gasteiger partial charge in [0.2, 0.25) is 5.91 Å². The summed E-state index contributed by atoms with van der Waals surface area (Å²) in [5, 5.41) is 19.7. The number of carbonyl (C=O) groups excluding carboxylic acids is 1. The number of aliphatic carboxylic acids is 2. The van der Waals surface area contributed by atoms with Gasteiger partial charge in [-0.25, -0.2) is 0 Å². The summed E-state index contributed by atoms with van der Waals surface area (Å²) >= 11 is 4.13. The molecule has 0 radical (unpaired) electrons. The van der Waals surface area contributed by atoms with Gasteiger partial charge in [-0.2, -0.15) is 12.6 Å². The first-order valence-corrected chi connectivity index (χ1v) is 6.63. The van der Waals surface area contributed by atoms with E-state index in [0.717, 1.165) is 0 Å². The van der Waals surface area contributed by atoms with Crippen LogP contribution in [0.3, 0.4) is 0 Å². The average Bonchev–Trinajstić information content (AvgIpc) is 2.25. The summed E-state index contributed by atoms with van der Waals surface area (Å²) in [7, 11) is 1.61. The van der Waals surface area contributed by atoms with Gasteiger partial charge in [-0.05, 0) is 34.2 Å². The fourth-order valence-electron chi connectivity index (χ4n) is 1.27. The van der Waals surface area contributed by atoms with Crippen molar-refractivity contribution >= 4 is 30.5 Å². The Morgan fingerprint density at radius 3 is 1.81 bits per heavy atom. The molecule has 2 unspecified atom stereocenters. The van der Waals surface area contributed by atoms with Crippen LogP contribution >= 0.6 is 12.6 Å². The molecule has 0 bridgehead atoms. The summed E-state index contributed by atoms with van der Waals surface area (Å²) < 4.78 is -0.527. The van der Waals surface area contributed by atoms with Crippen molar-refractivity contribution in [2.75, 3.05) is 7.05 Å². The lowest BCUT2D eigenvalue weighted by Crippen LogP contribution is -2.47. The maximum absolute atomic E-state index is 10.5. The van der Waals surface area contributed by atoms with Crippen LogP contribution in [0.1, 0.15) is 33.6 Å². The number of carboxylic acid groups (broad SMARTS) is 2. The van der Waals surface area contributed by atoms with Crippen molar-refractivity contribution in [2.45, 2.75) is 49.9 Å². The lowest BCUT2D eigenvalue weighted by Gasteiger charge is -2.25. The minimum atomic E-state index is -1.35. The van der Waals surface area contributed by atoms with Gasteiger partial charge in [-0.1, -0.05) is 0 Å².